The van der Waals surface area contributed by atoms with Crippen molar-refractivity contribution in [1.29, 1.82) is 0 Å². The number of rotatable bonds is 6. The van der Waals surface area contributed by atoms with Gasteiger partial charge in [0.05, 0.1) is 4.47 Å². The molecule has 0 spiro atoms. The number of amides is 1. The highest BCUT2D eigenvalue weighted by atomic mass is 79.9. The number of hydrogen-bond donors (Lipinski definition) is 1. The summed E-state index contributed by atoms with van der Waals surface area (Å²) in [5.74, 6) is 1.47. The van der Waals surface area contributed by atoms with Crippen LogP contribution < -0.4 is 9.64 Å². The zero-order valence-corrected chi connectivity index (χ0v) is 19.0. The summed E-state index contributed by atoms with van der Waals surface area (Å²) in [4.78, 5) is 15.9. The molecule has 2 aromatic rings. The number of benzene rings is 2. The molecule has 1 atom stereocenters. The monoisotopic (exact) mass is 472 g/mol. The Kier molecular flexibility index (Phi) is 6.76. The summed E-state index contributed by atoms with van der Waals surface area (Å²) in [7, 11) is 1.80. The highest BCUT2D eigenvalue weighted by molar-refractivity contribution is 9.10. The number of hydrogen-bond acceptors (Lipinski definition) is 4. The Morgan fingerprint density at radius 2 is 1.87 bits per heavy atom. The van der Waals surface area contributed by atoms with Gasteiger partial charge in [0, 0.05) is 25.7 Å². The zero-order chi connectivity index (χ0) is 21.1. The van der Waals surface area contributed by atoms with Crippen LogP contribution in [0.1, 0.15) is 36.3 Å². The van der Waals surface area contributed by atoms with Crippen LogP contribution in [0.5, 0.6) is 5.75 Å². The molecule has 0 aliphatic carbocycles. The minimum absolute atomic E-state index is 0.134. The van der Waals surface area contributed by atoms with Crippen LogP contribution in [0, 0.1) is 0 Å². The van der Waals surface area contributed by atoms with Gasteiger partial charge in [-0.1, -0.05) is 30.3 Å². The molecule has 0 saturated carbocycles. The van der Waals surface area contributed by atoms with Gasteiger partial charge >= 0.3 is 0 Å². The van der Waals surface area contributed by atoms with Crippen molar-refractivity contribution in [3.8, 4) is 5.75 Å². The first-order chi connectivity index (χ1) is 14.5. The first-order valence-corrected chi connectivity index (χ1v) is 11.5. The second-order valence-electron chi connectivity index (χ2n) is 8.28. The Labute approximate surface area is 186 Å². The highest BCUT2D eigenvalue weighted by Gasteiger charge is 2.25. The van der Waals surface area contributed by atoms with Gasteiger partial charge in [-0.2, -0.15) is 0 Å². The van der Waals surface area contributed by atoms with Crippen molar-refractivity contribution in [2.45, 2.75) is 37.7 Å². The Balaban J connectivity index is 1.28. The molecule has 1 unspecified atom stereocenters. The summed E-state index contributed by atoms with van der Waals surface area (Å²) in [6, 6.07) is 14.5. The van der Waals surface area contributed by atoms with Crippen molar-refractivity contribution in [2.24, 2.45) is 0 Å². The lowest BCUT2D eigenvalue weighted by molar-refractivity contribution is -0.118. The lowest BCUT2D eigenvalue weighted by atomic mass is 9.89. The van der Waals surface area contributed by atoms with Crippen molar-refractivity contribution in [3.05, 3.63) is 58.1 Å². The van der Waals surface area contributed by atoms with Crippen LogP contribution in [0.15, 0.2) is 46.9 Å². The number of halogens is 1. The highest BCUT2D eigenvalue weighted by Crippen LogP contribution is 2.38. The second-order valence-corrected chi connectivity index (χ2v) is 9.07. The molecular formula is C24H29BrN2O3. The number of aliphatic hydroxyl groups is 1. The maximum atomic E-state index is 11.9. The number of carbonyl (C=O) groups is 1. The first-order valence-electron chi connectivity index (χ1n) is 10.7. The van der Waals surface area contributed by atoms with Gasteiger partial charge < -0.3 is 19.6 Å². The molecule has 2 aliphatic rings. The minimum atomic E-state index is -0.537. The molecule has 1 N–H and O–H groups in total. The summed E-state index contributed by atoms with van der Waals surface area (Å²) in [5.41, 5.74) is 3.44. The van der Waals surface area contributed by atoms with Gasteiger partial charge in [-0.05, 0) is 77.5 Å². The summed E-state index contributed by atoms with van der Waals surface area (Å²) in [6.07, 6.45) is 2.92. The molecule has 0 aromatic heterocycles. The smallest absolute Gasteiger partial charge is 0.227 e. The molecule has 0 radical (unpaired) electrons. The van der Waals surface area contributed by atoms with Crippen molar-refractivity contribution in [1.82, 2.24) is 4.90 Å². The topological polar surface area (TPSA) is 53.0 Å². The van der Waals surface area contributed by atoms with Crippen molar-refractivity contribution < 1.29 is 14.6 Å². The number of carbonyl (C=O) groups excluding carboxylic acids is 1. The number of ether oxygens (including phenoxy) is 1. The lowest BCUT2D eigenvalue weighted by Gasteiger charge is -2.33. The predicted octanol–water partition coefficient (Wildman–Crippen LogP) is 3.98. The van der Waals surface area contributed by atoms with E-state index in [0.29, 0.717) is 25.3 Å². The average molecular weight is 473 g/mol. The van der Waals surface area contributed by atoms with Crippen molar-refractivity contribution in [2.75, 3.05) is 38.2 Å². The third kappa shape index (κ3) is 4.71. The van der Waals surface area contributed by atoms with Gasteiger partial charge in [0.25, 0.3) is 0 Å². The normalized spacial score (nSPS) is 18.9. The van der Waals surface area contributed by atoms with E-state index in [1.54, 1.807) is 11.9 Å². The Bertz CT molecular complexity index is 882. The number of β-amino-alcohol motifs (C(OH)–C–C–N with tert-alkyl or cyclic N) is 1. The fourth-order valence-electron chi connectivity index (χ4n) is 4.50. The van der Waals surface area contributed by atoms with Crippen LogP contribution in [0.2, 0.25) is 0 Å². The van der Waals surface area contributed by atoms with Gasteiger partial charge in [-0.3, -0.25) is 4.79 Å². The number of piperidine rings is 1. The van der Waals surface area contributed by atoms with Gasteiger partial charge in [0.1, 0.15) is 18.5 Å². The maximum Gasteiger partial charge on any atom is 0.227 e. The van der Waals surface area contributed by atoms with Crippen LogP contribution in [0.4, 0.5) is 5.69 Å². The van der Waals surface area contributed by atoms with Gasteiger partial charge in [0.2, 0.25) is 5.91 Å². The standard InChI is InChI=1S/C24H29BrN2O3/c1-26-21-8-9-22(24(25)20(21)7-10-23(26)29)30-16-19(28)15-27-13-11-18(12-14-27)17-5-3-2-4-6-17/h2-6,8-9,18-19,28H,7,10-16H2,1H3. The Hall–Kier alpha value is -1.89. The number of aliphatic hydroxyl groups excluding tert-OH is 1. The fourth-order valence-corrected chi connectivity index (χ4v) is 5.15. The molecule has 4 rings (SSSR count). The molecule has 1 saturated heterocycles. The Morgan fingerprint density at radius 1 is 1.13 bits per heavy atom. The van der Waals surface area contributed by atoms with E-state index < -0.39 is 6.10 Å². The quantitative estimate of drug-likeness (QED) is 0.690. The molecule has 5 nitrogen and oxygen atoms in total. The number of nitrogens with zero attached hydrogens (tertiary/aromatic N) is 2. The van der Waals surface area contributed by atoms with E-state index in [1.165, 1.54) is 5.56 Å². The van der Waals surface area contributed by atoms with E-state index >= 15 is 0 Å². The number of fused-ring (bicyclic) bond motifs is 1. The van der Waals surface area contributed by atoms with Gasteiger partial charge in [0.15, 0.2) is 0 Å². The van der Waals surface area contributed by atoms with Crippen LogP contribution in [0.3, 0.4) is 0 Å². The number of anilines is 1. The fraction of sp³-hybridized carbons (Fsp3) is 0.458. The molecule has 30 heavy (non-hydrogen) atoms. The van der Waals surface area contributed by atoms with E-state index in [1.807, 2.05) is 12.1 Å². The molecule has 1 fully saturated rings. The Morgan fingerprint density at radius 3 is 2.60 bits per heavy atom. The molecule has 2 aromatic carbocycles. The van der Waals surface area contributed by atoms with Crippen molar-refractivity contribution in [3.63, 3.8) is 0 Å². The second kappa shape index (κ2) is 9.50. The summed E-state index contributed by atoms with van der Waals surface area (Å²) >= 11 is 3.64. The van der Waals surface area contributed by atoms with E-state index in [2.05, 4.69) is 51.2 Å². The van der Waals surface area contributed by atoms with E-state index in [4.69, 9.17) is 4.74 Å². The largest absolute Gasteiger partial charge is 0.490 e. The lowest BCUT2D eigenvalue weighted by Crippen LogP contribution is -2.40. The van der Waals surface area contributed by atoms with Gasteiger partial charge in [-0.15, -0.1) is 0 Å². The minimum Gasteiger partial charge on any atom is -0.490 e. The molecular weight excluding hydrogens is 444 g/mol. The zero-order valence-electron chi connectivity index (χ0n) is 17.4. The van der Waals surface area contributed by atoms with Crippen molar-refractivity contribution >= 4 is 27.5 Å². The summed E-state index contributed by atoms with van der Waals surface area (Å²) in [5, 5.41) is 10.5. The SMILES string of the molecule is CN1C(=O)CCc2c1ccc(OCC(O)CN1CCC(c3ccccc3)CC1)c2Br. The molecule has 2 aliphatic heterocycles. The van der Waals surface area contributed by atoms with Gasteiger partial charge in [-0.25, -0.2) is 0 Å². The third-order valence-electron chi connectivity index (χ3n) is 6.27. The molecule has 0 bridgehead atoms. The predicted molar refractivity (Wildman–Crippen MR) is 122 cm³/mol. The molecule has 1 amide bonds. The maximum absolute atomic E-state index is 11.9. The van der Waals surface area contributed by atoms with Crippen LogP contribution >= 0.6 is 15.9 Å². The third-order valence-corrected chi connectivity index (χ3v) is 7.14. The molecule has 2 heterocycles. The summed E-state index contributed by atoms with van der Waals surface area (Å²) in [6.45, 7) is 2.88. The summed E-state index contributed by atoms with van der Waals surface area (Å²) < 4.78 is 6.82. The van der Waals surface area contributed by atoms with E-state index in [-0.39, 0.29) is 12.5 Å². The van der Waals surface area contributed by atoms with E-state index in [0.717, 1.165) is 47.4 Å². The van der Waals surface area contributed by atoms with Crippen LogP contribution in [0.25, 0.3) is 0 Å². The number of likely N-dealkylation sites (tertiary alicyclic amines) is 1. The molecule has 160 valence electrons. The molecule has 6 heteroatoms. The van der Waals surface area contributed by atoms with Crippen LogP contribution in [-0.4, -0.2) is 55.3 Å². The first kappa shape index (κ1) is 21.3. The van der Waals surface area contributed by atoms with E-state index in [9.17, 15) is 9.90 Å². The van der Waals surface area contributed by atoms with Crippen LogP contribution in [-0.2, 0) is 11.2 Å². The average Bonchev–Trinajstić information content (AvgIpc) is 2.77.